The number of ether oxygens (including phenoxy) is 1. The molecule has 4 heteroatoms. The quantitative estimate of drug-likeness (QED) is 0.797. The van der Waals surface area contributed by atoms with Crippen LogP contribution in [0, 0.1) is 0 Å². The van der Waals surface area contributed by atoms with E-state index in [1.807, 2.05) is 32.2 Å². The van der Waals surface area contributed by atoms with E-state index in [0.29, 0.717) is 10.6 Å². The number of amides is 1. The Bertz CT molecular complexity index is 422. The lowest BCUT2D eigenvalue weighted by Crippen LogP contribution is -2.39. The van der Waals surface area contributed by atoms with Gasteiger partial charge in [-0.2, -0.15) is 0 Å². The molecule has 3 nitrogen and oxygen atoms in total. The molecule has 0 aliphatic heterocycles. The second-order valence-corrected chi connectivity index (χ2v) is 5.13. The Balaban J connectivity index is 2.91. The minimum atomic E-state index is -0.641. The lowest BCUT2D eigenvalue weighted by atomic mass is 10.1. The zero-order chi connectivity index (χ0) is 14.4. The number of likely N-dealkylation sites (N-methyl/N-ethyl adjacent to an activating group) is 1. The van der Waals surface area contributed by atoms with Gasteiger partial charge in [0.15, 0.2) is 6.10 Å². The van der Waals surface area contributed by atoms with E-state index in [1.54, 1.807) is 11.0 Å². The summed E-state index contributed by atoms with van der Waals surface area (Å²) in [6.07, 6.45) is 1.38. The van der Waals surface area contributed by atoms with E-state index >= 15 is 0 Å². The molecule has 0 saturated carbocycles. The van der Waals surface area contributed by atoms with Gasteiger partial charge in [0.05, 0.1) is 0 Å². The average molecular weight is 284 g/mol. The van der Waals surface area contributed by atoms with Gasteiger partial charge in [0.2, 0.25) is 0 Å². The highest BCUT2D eigenvalue weighted by molar-refractivity contribution is 6.31. The fraction of sp³-hybridized carbons (Fsp3) is 0.533. The van der Waals surface area contributed by atoms with Gasteiger partial charge in [0.25, 0.3) is 5.91 Å². The summed E-state index contributed by atoms with van der Waals surface area (Å²) < 4.78 is 5.35. The standard InChI is InChI=1S/C15H22ClNO2/c1-5-8-11(2)17(3)15(18)14(19-4)12-9-6-7-10-13(12)16/h6-7,9-11,14H,5,8H2,1-4H3. The maximum Gasteiger partial charge on any atom is 0.256 e. The topological polar surface area (TPSA) is 29.5 Å². The van der Waals surface area contributed by atoms with Gasteiger partial charge in [-0.1, -0.05) is 43.1 Å². The van der Waals surface area contributed by atoms with Crippen LogP contribution in [0.1, 0.15) is 38.4 Å². The van der Waals surface area contributed by atoms with Gasteiger partial charge in [-0.3, -0.25) is 4.79 Å². The Labute approximate surface area is 120 Å². The summed E-state index contributed by atoms with van der Waals surface area (Å²) in [4.78, 5) is 14.2. The molecule has 0 N–H and O–H groups in total. The number of hydrogen-bond acceptors (Lipinski definition) is 2. The number of nitrogens with zero attached hydrogens (tertiary/aromatic N) is 1. The molecule has 0 fully saturated rings. The number of methoxy groups -OCH3 is 1. The summed E-state index contributed by atoms with van der Waals surface area (Å²) in [5.41, 5.74) is 0.715. The van der Waals surface area contributed by atoms with Crippen molar-refractivity contribution in [2.24, 2.45) is 0 Å². The average Bonchev–Trinajstić information content (AvgIpc) is 2.41. The molecule has 1 amide bonds. The van der Waals surface area contributed by atoms with E-state index in [-0.39, 0.29) is 11.9 Å². The largest absolute Gasteiger partial charge is 0.367 e. The van der Waals surface area contributed by atoms with Crippen LogP contribution in [0.15, 0.2) is 24.3 Å². The third-order valence-corrected chi connectivity index (χ3v) is 3.71. The van der Waals surface area contributed by atoms with Crippen LogP contribution in [0.2, 0.25) is 5.02 Å². The van der Waals surface area contributed by atoms with E-state index < -0.39 is 6.10 Å². The van der Waals surface area contributed by atoms with Crippen LogP contribution in [-0.2, 0) is 9.53 Å². The molecule has 19 heavy (non-hydrogen) atoms. The molecular weight excluding hydrogens is 262 g/mol. The molecule has 0 heterocycles. The second-order valence-electron chi connectivity index (χ2n) is 4.72. The molecular formula is C15H22ClNO2. The molecule has 0 radical (unpaired) electrons. The molecule has 0 saturated heterocycles. The lowest BCUT2D eigenvalue weighted by molar-refractivity contribution is -0.143. The van der Waals surface area contributed by atoms with Crippen molar-refractivity contribution >= 4 is 17.5 Å². The number of rotatable bonds is 6. The Hall–Kier alpha value is -1.06. The molecule has 106 valence electrons. The zero-order valence-electron chi connectivity index (χ0n) is 12.0. The van der Waals surface area contributed by atoms with Gasteiger partial charge in [0.1, 0.15) is 0 Å². The van der Waals surface area contributed by atoms with Gasteiger partial charge in [-0.25, -0.2) is 0 Å². The molecule has 2 atom stereocenters. The first-order valence-corrected chi connectivity index (χ1v) is 6.94. The monoisotopic (exact) mass is 283 g/mol. The third-order valence-electron chi connectivity index (χ3n) is 3.36. The van der Waals surface area contributed by atoms with Gasteiger partial charge in [0, 0.05) is 30.8 Å². The minimum Gasteiger partial charge on any atom is -0.367 e. The first-order chi connectivity index (χ1) is 9.02. The van der Waals surface area contributed by atoms with Crippen LogP contribution in [0.25, 0.3) is 0 Å². The van der Waals surface area contributed by atoms with Crippen molar-refractivity contribution in [2.75, 3.05) is 14.2 Å². The lowest BCUT2D eigenvalue weighted by Gasteiger charge is -2.28. The van der Waals surface area contributed by atoms with Crippen molar-refractivity contribution in [3.63, 3.8) is 0 Å². The molecule has 1 rings (SSSR count). The van der Waals surface area contributed by atoms with Gasteiger partial charge < -0.3 is 9.64 Å². The normalized spacial score (nSPS) is 13.9. The van der Waals surface area contributed by atoms with E-state index in [4.69, 9.17) is 16.3 Å². The van der Waals surface area contributed by atoms with Crippen molar-refractivity contribution in [1.29, 1.82) is 0 Å². The molecule has 0 bridgehead atoms. The fourth-order valence-corrected chi connectivity index (χ4v) is 2.30. The summed E-state index contributed by atoms with van der Waals surface area (Å²) in [5.74, 6) is -0.0587. The number of carbonyl (C=O) groups is 1. The Morgan fingerprint density at radius 1 is 1.42 bits per heavy atom. The Morgan fingerprint density at radius 3 is 2.58 bits per heavy atom. The van der Waals surface area contributed by atoms with Crippen molar-refractivity contribution in [3.8, 4) is 0 Å². The van der Waals surface area contributed by atoms with Crippen LogP contribution in [0.3, 0.4) is 0 Å². The van der Waals surface area contributed by atoms with E-state index in [2.05, 4.69) is 6.92 Å². The zero-order valence-corrected chi connectivity index (χ0v) is 12.8. The number of carbonyl (C=O) groups excluding carboxylic acids is 1. The Morgan fingerprint density at radius 2 is 2.05 bits per heavy atom. The van der Waals surface area contributed by atoms with Crippen molar-refractivity contribution in [3.05, 3.63) is 34.9 Å². The highest BCUT2D eigenvalue weighted by Gasteiger charge is 2.27. The molecule has 0 aliphatic carbocycles. The number of benzene rings is 1. The maximum atomic E-state index is 12.5. The van der Waals surface area contributed by atoms with Crippen LogP contribution >= 0.6 is 11.6 Å². The van der Waals surface area contributed by atoms with Gasteiger partial charge in [-0.15, -0.1) is 0 Å². The van der Waals surface area contributed by atoms with Crippen molar-refractivity contribution in [2.45, 2.75) is 38.8 Å². The number of halogens is 1. The first-order valence-electron chi connectivity index (χ1n) is 6.56. The maximum absolute atomic E-state index is 12.5. The summed E-state index contributed by atoms with van der Waals surface area (Å²) in [7, 11) is 3.34. The molecule has 0 spiro atoms. The third kappa shape index (κ3) is 3.95. The van der Waals surface area contributed by atoms with Gasteiger partial charge in [-0.05, 0) is 19.4 Å². The molecule has 1 aromatic rings. The summed E-state index contributed by atoms with van der Waals surface area (Å²) in [5, 5.41) is 0.555. The van der Waals surface area contributed by atoms with Crippen LogP contribution < -0.4 is 0 Å². The highest BCUT2D eigenvalue weighted by atomic mass is 35.5. The molecule has 0 aliphatic rings. The molecule has 1 aromatic carbocycles. The van der Waals surface area contributed by atoms with E-state index in [0.717, 1.165) is 12.8 Å². The first kappa shape index (κ1) is 16.0. The smallest absolute Gasteiger partial charge is 0.256 e. The summed E-state index contributed by atoms with van der Waals surface area (Å²) in [6, 6.07) is 7.48. The van der Waals surface area contributed by atoms with Crippen LogP contribution in [0.5, 0.6) is 0 Å². The number of hydrogen-bond donors (Lipinski definition) is 0. The van der Waals surface area contributed by atoms with Gasteiger partial charge >= 0.3 is 0 Å². The Kier molecular flexibility index (Phi) is 6.32. The minimum absolute atomic E-state index is 0.0587. The predicted molar refractivity (Wildman–Crippen MR) is 78.3 cm³/mol. The van der Waals surface area contributed by atoms with Crippen LogP contribution in [0.4, 0.5) is 0 Å². The molecule has 2 unspecified atom stereocenters. The highest BCUT2D eigenvalue weighted by Crippen LogP contribution is 2.27. The summed E-state index contributed by atoms with van der Waals surface area (Å²) in [6.45, 7) is 4.15. The predicted octanol–water partition coefficient (Wildman–Crippen LogP) is 3.67. The molecule has 0 aromatic heterocycles. The SMILES string of the molecule is CCCC(C)N(C)C(=O)C(OC)c1ccccc1Cl. The second kappa shape index (κ2) is 7.51. The summed E-state index contributed by atoms with van der Waals surface area (Å²) >= 11 is 6.14. The fourth-order valence-electron chi connectivity index (χ4n) is 2.06. The van der Waals surface area contributed by atoms with E-state index in [1.165, 1.54) is 7.11 Å². The van der Waals surface area contributed by atoms with Crippen molar-refractivity contribution in [1.82, 2.24) is 4.90 Å². The van der Waals surface area contributed by atoms with E-state index in [9.17, 15) is 4.79 Å². The van der Waals surface area contributed by atoms with Crippen molar-refractivity contribution < 1.29 is 9.53 Å². The van der Waals surface area contributed by atoms with Crippen LogP contribution in [-0.4, -0.2) is 31.0 Å².